The van der Waals surface area contributed by atoms with Gasteiger partial charge >= 0.3 is 0 Å². The quantitative estimate of drug-likeness (QED) is 0.829. The topological polar surface area (TPSA) is 35.2 Å². The molecular weight excluding hydrogens is 198 g/mol. The Morgan fingerprint density at radius 3 is 2.56 bits per heavy atom. The molecule has 16 heavy (non-hydrogen) atoms. The Morgan fingerprint density at radius 1 is 1.31 bits per heavy atom. The second-order valence-corrected chi connectivity index (χ2v) is 5.19. The lowest BCUT2D eigenvalue weighted by molar-refractivity contribution is 0.329. The SMILES string of the molecule is COc1ccc(C)cc1CC(C)(C)CCN. The van der Waals surface area contributed by atoms with Crippen molar-refractivity contribution in [3.8, 4) is 5.75 Å². The van der Waals surface area contributed by atoms with Crippen LogP contribution in [0.5, 0.6) is 5.75 Å². The fraction of sp³-hybridized carbons (Fsp3) is 0.571. The van der Waals surface area contributed by atoms with Crippen molar-refractivity contribution in [1.29, 1.82) is 0 Å². The summed E-state index contributed by atoms with van der Waals surface area (Å²) in [5.74, 6) is 0.982. The summed E-state index contributed by atoms with van der Waals surface area (Å²) in [6.07, 6.45) is 2.04. The van der Waals surface area contributed by atoms with Crippen molar-refractivity contribution in [1.82, 2.24) is 0 Å². The summed E-state index contributed by atoms with van der Waals surface area (Å²) in [7, 11) is 1.73. The fourth-order valence-electron chi connectivity index (χ4n) is 2.04. The highest BCUT2D eigenvalue weighted by Gasteiger charge is 2.19. The molecular formula is C14H23NO. The zero-order chi connectivity index (χ0) is 12.2. The summed E-state index contributed by atoms with van der Waals surface area (Å²) in [6.45, 7) is 7.35. The van der Waals surface area contributed by atoms with Crippen LogP contribution in [-0.2, 0) is 6.42 Å². The first-order valence-corrected chi connectivity index (χ1v) is 5.82. The molecule has 0 amide bonds. The minimum absolute atomic E-state index is 0.232. The van der Waals surface area contributed by atoms with Gasteiger partial charge in [-0.3, -0.25) is 0 Å². The minimum atomic E-state index is 0.232. The van der Waals surface area contributed by atoms with E-state index in [4.69, 9.17) is 10.5 Å². The van der Waals surface area contributed by atoms with E-state index in [9.17, 15) is 0 Å². The van der Waals surface area contributed by atoms with Gasteiger partial charge in [0.15, 0.2) is 0 Å². The van der Waals surface area contributed by atoms with Crippen LogP contribution in [0.1, 0.15) is 31.4 Å². The summed E-state index contributed by atoms with van der Waals surface area (Å²) in [4.78, 5) is 0. The molecule has 2 N–H and O–H groups in total. The van der Waals surface area contributed by atoms with Crippen molar-refractivity contribution < 1.29 is 4.74 Å². The van der Waals surface area contributed by atoms with E-state index in [2.05, 4.69) is 32.9 Å². The van der Waals surface area contributed by atoms with Gasteiger partial charge in [0.1, 0.15) is 5.75 Å². The third-order valence-corrected chi connectivity index (χ3v) is 2.93. The van der Waals surface area contributed by atoms with Crippen molar-refractivity contribution in [2.75, 3.05) is 13.7 Å². The van der Waals surface area contributed by atoms with E-state index in [-0.39, 0.29) is 5.41 Å². The van der Waals surface area contributed by atoms with Crippen LogP contribution < -0.4 is 10.5 Å². The second-order valence-electron chi connectivity index (χ2n) is 5.19. The van der Waals surface area contributed by atoms with Crippen LogP contribution in [0.4, 0.5) is 0 Å². The first-order chi connectivity index (χ1) is 7.48. The molecule has 1 aromatic carbocycles. The van der Waals surface area contributed by atoms with Gasteiger partial charge in [0.25, 0.3) is 0 Å². The van der Waals surface area contributed by atoms with E-state index in [1.165, 1.54) is 11.1 Å². The molecule has 0 aliphatic heterocycles. The van der Waals surface area contributed by atoms with E-state index < -0.39 is 0 Å². The highest BCUT2D eigenvalue weighted by atomic mass is 16.5. The average Bonchev–Trinajstić information content (AvgIpc) is 2.17. The van der Waals surface area contributed by atoms with Gasteiger partial charge in [-0.05, 0) is 43.4 Å². The first-order valence-electron chi connectivity index (χ1n) is 5.82. The predicted octanol–water partition coefficient (Wildman–Crippen LogP) is 2.92. The van der Waals surface area contributed by atoms with Crippen molar-refractivity contribution in [2.24, 2.45) is 11.1 Å². The molecule has 0 radical (unpaired) electrons. The molecule has 90 valence electrons. The van der Waals surface area contributed by atoms with Gasteiger partial charge in [0.2, 0.25) is 0 Å². The molecule has 0 fully saturated rings. The van der Waals surface area contributed by atoms with Crippen LogP contribution in [0.15, 0.2) is 18.2 Å². The number of rotatable bonds is 5. The van der Waals surface area contributed by atoms with Gasteiger partial charge in [0.05, 0.1) is 7.11 Å². The Kier molecular flexibility index (Phi) is 4.36. The molecule has 0 aromatic heterocycles. The Balaban J connectivity index is 2.90. The van der Waals surface area contributed by atoms with Crippen molar-refractivity contribution in [3.05, 3.63) is 29.3 Å². The monoisotopic (exact) mass is 221 g/mol. The number of nitrogens with two attached hydrogens (primary N) is 1. The standard InChI is InChI=1S/C14H23NO/c1-11-5-6-13(16-4)12(9-11)10-14(2,3)7-8-15/h5-6,9H,7-8,10,15H2,1-4H3. The van der Waals surface area contributed by atoms with E-state index in [0.29, 0.717) is 0 Å². The summed E-state index contributed by atoms with van der Waals surface area (Å²) < 4.78 is 5.39. The van der Waals surface area contributed by atoms with Gasteiger partial charge < -0.3 is 10.5 Å². The number of aryl methyl sites for hydroxylation is 1. The predicted molar refractivity (Wildman–Crippen MR) is 68.9 cm³/mol. The molecule has 0 spiro atoms. The minimum Gasteiger partial charge on any atom is -0.496 e. The molecule has 0 saturated carbocycles. The number of benzene rings is 1. The molecule has 2 nitrogen and oxygen atoms in total. The third kappa shape index (κ3) is 3.53. The van der Waals surface area contributed by atoms with Gasteiger partial charge in [-0.2, -0.15) is 0 Å². The van der Waals surface area contributed by atoms with E-state index in [1.54, 1.807) is 7.11 Å². The molecule has 0 aliphatic carbocycles. The maximum absolute atomic E-state index is 5.64. The number of methoxy groups -OCH3 is 1. The van der Waals surface area contributed by atoms with Crippen molar-refractivity contribution in [2.45, 2.75) is 33.6 Å². The van der Waals surface area contributed by atoms with Gasteiger partial charge in [-0.25, -0.2) is 0 Å². The van der Waals surface area contributed by atoms with Crippen LogP contribution in [0.2, 0.25) is 0 Å². The van der Waals surface area contributed by atoms with Crippen LogP contribution in [0, 0.1) is 12.3 Å². The first kappa shape index (κ1) is 13.0. The molecule has 1 rings (SSSR count). The molecule has 0 bridgehead atoms. The molecule has 0 heterocycles. The van der Waals surface area contributed by atoms with Crippen LogP contribution in [-0.4, -0.2) is 13.7 Å². The van der Waals surface area contributed by atoms with Crippen molar-refractivity contribution in [3.63, 3.8) is 0 Å². The van der Waals surface area contributed by atoms with Crippen LogP contribution in [0.3, 0.4) is 0 Å². The van der Waals surface area contributed by atoms with E-state index in [1.807, 2.05) is 6.07 Å². The summed E-state index contributed by atoms with van der Waals surface area (Å²) in [5.41, 5.74) is 8.43. The molecule has 0 saturated heterocycles. The molecule has 2 heteroatoms. The normalized spacial score (nSPS) is 11.6. The van der Waals surface area contributed by atoms with Gasteiger partial charge in [0, 0.05) is 0 Å². The lowest BCUT2D eigenvalue weighted by Gasteiger charge is -2.25. The fourth-order valence-corrected chi connectivity index (χ4v) is 2.04. The smallest absolute Gasteiger partial charge is 0.122 e. The number of ether oxygens (including phenoxy) is 1. The van der Waals surface area contributed by atoms with E-state index >= 15 is 0 Å². The lowest BCUT2D eigenvalue weighted by atomic mass is 9.82. The third-order valence-electron chi connectivity index (χ3n) is 2.93. The summed E-state index contributed by atoms with van der Waals surface area (Å²) in [6, 6.07) is 6.33. The highest BCUT2D eigenvalue weighted by molar-refractivity contribution is 5.37. The zero-order valence-electron chi connectivity index (χ0n) is 10.8. The van der Waals surface area contributed by atoms with Crippen LogP contribution >= 0.6 is 0 Å². The molecule has 0 atom stereocenters. The Hall–Kier alpha value is -1.02. The zero-order valence-corrected chi connectivity index (χ0v) is 10.8. The van der Waals surface area contributed by atoms with Gasteiger partial charge in [-0.15, -0.1) is 0 Å². The maximum atomic E-state index is 5.64. The summed E-state index contributed by atoms with van der Waals surface area (Å²) in [5, 5.41) is 0. The van der Waals surface area contributed by atoms with E-state index in [0.717, 1.165) is 25.1 Å². The van der Waals surface area contributed by atoms with Crippen LogP contribution in [0.25, 0.3) is 0 Å². The molecule has 0 unspecified atom stereocenters. The highest BCUT2D eigenvalue weighted by Crippen LogP contribution is 2.30. The Bertz CT molecular complexity index is 345. The number of hydrogen-bond donors (Lipinski definition) is 1. The molecule has 0 aliphatic rings. The number of hydrogen-bond acceptors (Lipinski definition) is 2. The maximum Gasteiger partial charge on any atom is 0.122 e. The van der Waals surface area contributed by atoms with Crippen molar-refractivity contribution >= 4 is 0 Å². The second kappa shape index (κ2) is 5.35. The molecule has 1 aromatic rings. The summed E-state index contributed by atoms with van der Waals surface area (Å²) >= 11 is 0. The average molecular weight is 221 g/mol. The van der Waals surface area contributed by atoms with Gasteiger partial charge in [-0.1, -0.05) is 31.5 Å². The Labute approximate surface area is 98.8 Å². The Morgan fingerprint density at radius 2 is 2.00 bits per heavy atom. The lowest BCUT2D eigenvalue weighted by Crippen LogP contribution is -2.20. The largest absolute Gasteiger partial charge is 0.496 e.